The Hall–Kier alpha value is -1.16. The first kappa shape index (κ1) is 22.1. The van der Waals surface area contributed by atoms with Gasteiger partial charge in [-0.2, -0.15) is 4.31 Å². The van der Waals surface area contributed by atoms with E-state index in [1.165, 1.54) is 4.31 Å². The van der Waals surface area contributed by atoms with E-state index in [1.807, 2.05) is 4.90 Å². The van der Waals surface area contributed by atoms with Gasteiger partial charge < -0.3 is 14.7 Å². The molecule has 2 aliphatic rings. The zero-order valence-corrected chi connectivity index (χ0v) is 17.6. The van der Waals surface area contributed by atoms with Crippen LogP contribution in [0.15, 0.2) is 9.42 Å². The maximum Gasteiger partial charge on any atom is 0.248 e. The van der Waals surface area contributed by atoms with Crippen LogP contribution >= 0.6 is 12.4 Å². The molecule has 1 aromatic rings. The highest BCUT2D eigenvalue weighted by atomic mass is 35.5. The molecular formula is C17H29ClN4O4S. The van der Waals surface area contributed by atoms with Gasteiger partial charge in [0, 0.05) is 32.6 Å². The van der Waals surface area contributed by atoms with Crippen LogP contribution in [-0.2, 0) is 14.8 Å². The number of sulfonamides is 1. The fourth-order valence-electron chi connectivity index (χ4n) is 3.80. The molecule has 2 fully saturated rings. The number of aromatic nitrogens is 1. The largest absolute Gasteiger partial charge is 0.360 e. The number of nitrogens with zero attached hydrogens (tertiary/aromatic N) is 3. The summed E-state index contributed by atoms with van der Waals surface area (Å²) in [5.74, 6) is 1.03. The molecule has 0 radical (unpaired) electrons. The molecule has 8 nitrogen and oxygen atoms in total. The number of aryl methyl sites for hydroxylation is 2. The van der Waals surface area contributed by atoms with E-state index in [9.17, 15) is 13.2 Å². The van der Waals surface area contributed by atoms with Crippen molar-refractivity contribution in [3.63, 3.8) is 0 Å². The minimum Gasteiger partial charge on any atom is -0.360 e. The predicted octanol–water partition coefficient (Wildman–Crippen LogP) is 1.33. The minimum absolute atomic E-state index is 0. The van der Waals surface area contributed by atoms with Crippen LogP contribution in [0.25, 0.3) is 0 Å². The zero-order valence-electron chi connectivity index (χ0n) is 15.9. The Bertz CT molecular complexity index is 727. The summed E-state index contributed by atoms with van der Waals surface area (Å²) in [6, 6.07) is 0. The van der Waals surface area contributed by atoms with Crippen LogP contribution in [0.4, 0.5) is 0 Å². The molecule has 0 aromatic carbocycles. The molecular weight excluding hydrogens is 392 g/mol. The number of carbonyl (C=O) groups is 1. The molecule has 1 aromatic heterocycles. The van der Waals surface area contributed by atoms with Crippen LogP contribution in [0.2, 0.25) is 0 Å². The van der Waals surface area contributed by atoms with E-state index in [0.717, 1.165) is 25.9 Å². The van der Waals surface area contributed by atoms with Crippen molar-refractivity contribution in [3.05, 3.63) is 11.5 Å². The lowest BCUT2D eigenvalue weighted by atomic mass is 10.0. The summed E-state index contributed by atoms with van der Waals surface area (Å²) in [5, 5.41) is 7.07. The first-order chi connectivity index (χ1) is 12.4. The topological polar surface area (TPSA) is 95.8 Å². The predicted molar refractivity (Wildman–Crippen MR) is 103 cm³/mol. The molecule has 1 atom stereocenters. The molecule has 2 aliphatic heterocycles. The number of amides is 1. The number of rotatable bonds is 5. The number of halogens is 1. The lowest BCUT2D eigenvalue weighted by Gasteiger charge is -2.22. The monoisotopic (exact) mass is 420 g/mol. The molecule has 2 saturated heterocycles. The second kappa shape index (κ2) is 9.36. The Labute approximate surface area is 167 Å². The van der Waals surface area contributed by atoms with E-state index in [4.69, 9.17) is 4.52 Å². The van der Waals surface area contributed by atoms with Gasteiger partial charge in [-0.1, -0.05) is 5.16 Å². The highest BCUT2D eigenvalue weighted by Gasteiger charge is 2.32. The Balaban J connectivity index is 0.00000261. The van der Waals surface area contributed by atoms with E-state index in [-0.39, 0.29) is 23.2 Å². The molecule has 1 amide bonds. The third kappa shape index (κ3) is 5.01. The normalized spacial score (nSPS) is 21.7. The molecule has 3 rings (SSSR count). The lowest BCUT2D eigenvalue weighted by molar-refractivity contribution is -0.131. The van der Waals surface area contributed by atoms with E-state index < -0.39 is 10.0 Å². The van der Waals surface area contributed by atoms with Gasteiger partial charge in [0.2, 0.25) is 15.9 Å². The highest BCUT2D eigenvalue weighted by molar-refractivity contribution is 7.89. The van der Waals surface area contributed by atoms with Crippen molar-refractivity contribution in [1.82, 2.24) is 19.7 Å². The van der Waals surface area contributed by atoms with Crippen molar-refractivity contribution in [1.29, 1.82) is 0 Å². The van der Waals surface area contributed by atoms with Gasteiger partial charge in [-0.05, 0) is 52.1 Å². The smallest absolute Gasteiger partial charge is 0.248 e. The molecule has 154 valence electrons. The molecule has 0 bridgehead atoms. The Morgan fingerprint density at radius 2 is 2.04 bits per heavy atom. The SMILES string of the molecule is Cc1noc(C)c1S(=O)(=O)N1CCCN(C(=O)CCC2CCNC2)CC1.Cl. The van der Waals surface area contributed by atoms with Gasteiger partial charge in [0.25, 0.3) is 0 Å². The van der Waals surface area contributed by atoms with Gasteiger partial charge in [0.1, 0.15) is 10.6 Å². The van der Waals surface area contributed by atoms with Gasteiger partial charge in [0.05, 0.1) is 0 Å². The third-order valence-electron chi connectivity index (χ3n) is 5.30. The molecule has 0 saturated carbocycles. The van der Waals surface area contributed by atoms with E-state index in [0.29, 0.717) is 56.4 Å². The van der Waals surface area contributed by atoms with Crippen molar-refractivity contribution in [2.75, 3.05) is 39.3 Å². The van der Waals surface area contributed by atoms with Crippen molar-refractivity contribution in [2.45, 2.75) is 44.4 Å². The van der Waals surface area contributed by atoms with E-state index in [1.54, 1.807) is 13.8 Å². The average molecular weight is 421 g/mol. The minimum atomic E-state index is -3.65. The molecule has 1 N–H and O–H groups in total. The number of nitrogens with one attached hydrogen (secondary N) is 1. The van der Waals surface area contributed by atoms with Gasteiger partial charge in [-0.3, -0.25) is 4.79 Å². The second-order valence-electron chi connectivity index (χ2n) is 7.19. The summed E-state index contributed by atoms with van der Waals surface area (Å²) in [7, 11) is -3.65. The fourth-order valence-corrected chi connectivity index (χ4v) is 5.56. The fraction of sp³-hybridized carbons (Fsp3) is 0.765. The number of hydrogen-bond acceptors (Lipinski definition) is 6. The van der Waals surface area contributed by atoms with Crippen LogP contribution in [0, 0.1) is 19.8 Å². The first-order valence-corrected chi connectivity index (χ1v) is 10.7. The summed E-state index contributed by atoms with van der Waals surface area (Å²) in [6.45, 7) is 7.03. The van der Waals surface area contributed by atoms with Crippen LogP contribution in [-0.4, -0.2) is 68.0 Å². The summed E-state index contributed by atoms with van der Waals surface area (Å²) in [5.41, 5.74) is 0.379. The summed E-state index contributed by atoms with van der Waals surface area (Å²) in [4.78, 5) is 14.5. The van der Waals surface area contributed by atoms with Crippen LogP contribution in [0.5, 0.6) is 0 Å². The number of carbonyl (C=O) groups excluding carboxylic acids is 1. The molecule has 10 heteroatoms. The molecule has 0 spiro atoms. The van der Waals surface area contributed by atoms with Gasteiger partial charge in [-0.25, -0.2) is 8.42 Å². The lowest BCUT2D eigenvalue weighted by Crippen LogP contribution is -2.37. The average Bonchev–Trinajstić information content (AvgIpc) is 3.15. The summed E-state index contributed by atoms with van der Waals surface area (Å²) >= 11 is 0. The van der Waals surface area contributed by atoms with Crippen molar-refractivity contribution < 1.29 is 17.7 Å². The van der Waals surface area contributed by atoms with Crippen LogP contribution in [0.3, 0.4) is 0 Å². The Morgan fingerprint density at radius 3 is 2.67 bits per heavy atom. The van der Waals surface area contributed by atoms with Crippen LogP contribution < -0.4 is 5.32 Å². The quantitative estimate of drug-likeness (QED) is 0.771. The first-order valence-electron chi connectivity index (χ1n) is 9.31. The molecule has 0 aliphatic carbocycles. The second-order valence-corrected chi connectivity index (χ2v) is 9.06. The van der Waals surface area contributed by atoms with E-state index in [2.05, 4.69) is 10.5 Å². The maximum absolute atomic E-state index is 12.9. The highest BCUT2D eigenvalue weighted by Crippen LogP contribution is 2.24. The van der Waals surface area contributed by atoms with E-state index >= 15 is 0 Å². The maximum atomic E-state index is 12.9. The van der Waals surface area contributed by atoms with Gasteiger partial charge in [0.15, 0.2) is 5.76 Å². The van der Waals surface area contributed by atoms with Gasteiger partial charge >= 0.3 is 0 Å². The molecule has 1 unspecified atom stereocenters. The summed E-state index contributed by atoms with van der Waals surface area (Å²) in [6.07, 6.45) is 3.22. The third-order valence-corrected chi connectivity index (χ3v) is 7.45. The van der Waals surface area contributed by atoms with Gasteiger partial charge in [-0.15, -0.1) is 12.4 Å². The Kier molecular flexibility index (Phi) is 7.67. The molecule has 3 heterocycles. The van der Waals surface area contributed by atoms with Crippen molar-refractivity contribution in [3.8, 4) is 0 Å². The zero-order chi connectivity index (χ0) is 18.7. The number of hydrogen-bond donors (Lipinski definition) is 1. The summed E-state index contributed by atoms with van der Waals surface area (Å²) < 4.78 is 32.3. The molecule has 27 heavy (non-hydrogen) atoms. The van der Waals surface area contributed by atoms with Crippen LogP contribution in [0.1, 0.15) is 37.1 Å². The standard InChI is InChI=1S/C17H28N4O4S.ClH/c1-13-17(14(2)25-19-13)26(23,24)21-9-3-8-20(10-11-21)16(22)5-4-15-6-7-18-12-15;/h15,18H,3-12H2,1-2H3;1H. The van der Waals surface area contributed by atoms with Crippen molar-refractivity contribution >= 4 is 28.3 Å². The van der Waals surface area contributed by atoms with Crippen molar-refractivity contribution in [2.24, 2.45) is 5.92 Å². The Morgan fingerprint density at radius 1 is 1.26 bits per heavy atom.